The summed E-state index contributed by atoms with van der Waals surface area (Å²) in [6.07, 6.45) is 4.50. The Hall–Kier alpha value is -0.370. The predicted octanol–water partition coefficient (Wildman–Crippen LogP) is 0.178. The Kier molecular flexibility index (Phi) is 0.637. The second-order valence-corrected chi connectivity index (χ2v) is 2.88. The van der Waals surface area contributed by atoms with Crippen LogP contribution in [0.15, 0.2) is 4.99 Å². The normalized spacial score (nSPS) is 38.9. The highest BCUT2D eigenvalue weighted by atomic mass is 14.9. The lowest BCUT2D eigenvalue weighted by Gasteiger charge is -2.08. The molecule has 0 amide bonds. The molecule has 2 nitrogen and oxygen atoms in total. The predicted molar refractivity (Wildman–Crippen MR) is 33.0 cm³/mol. The van der Waals surface area contributed by atoms with Crippen LogP contribution in [-0.4, -0.2) is 18.8 Å². The van der Waals surface area contributed by atoms with Crippen LogP contribution in [0.3, 0.4) is 0 Å². The summed E-state index contributed by atoms with van der Waals surface area (Å²) < 4.78 is 0. The summed E-state index contributed by atoms with van der Waals surface area (Å²) >= 11 is 0. The fraction of sp³-hybridized carbons (Fsp3) is 0.833. The molecule has 2 heteroatoms. The number of hydrogen-bond donors (Lipinski definition) is 1. The van der Waals surface area contributed by atoms with E-state index in [1.807, 2.05) is 6.21 Å². The van der Waals surface area contributed by atoms with E-state index < -0.39 is 0 Å². The van der Waals surface area contributed by atoms with Gasteiger partial charge in [0.1, 0.15) is 0 Å². The molecule has 2 rings (SSSR count). The first-order chi connectivity index (χ1) is 3.83. The maximum atomic E-state index is 5.73. The highest BCUT2D eigenvalue weighted by Gasteiger charge is 2.49. The zero-order valence-corrected chi connectivity index (χ0v) is 4.80. The van der Waals surface area contributed by atoms with Crippen molar-refractivity contribution in [2.45, 2.75) is 18.9 Å². The number of nitrogens with zero attached hydrogens (tertiary/aromatic N) is 1. The second kappa shape index (κ2) is 1.13. The third-order valence-electron chi connectivity index (χ3n) is 2.27. The van der Waals surface area contributed by atoms with Crippen LogP contribution >= 0.6 is 0 Å². The monoisotopic (exact) mass is 110 g/mol. The van der Waals surface area contributed by atoms with Crippen molar-refractivity contribution in [3.63, 3.8) is 0 Å². The zero-order valence-electron chi connectivity index (χ0n) is 4.80. The molecule has 0 radical (unpaired) electrons. The highest BCUT2D eigenvalue weighted by molar-refractivity contribution is 5.69. The lowest BCUT2D eigenvalue weighted by Crippen LogP contribution is -2.29. The van der Waals surface area contributed by atoms with Gasteiger partial charge in [0.25, 0.3) is 0 Å². The molecule has 44 valence electrons. The molecule has 0 aromatic rings. The molecular formula is C6H10N2. The highest BCUT2D eigenvalue weighted by Crippen LogP contribution is 2.49. The Morgan fingerprint density at radius 1 is 1.62 bits per heavy atom. The van der Waals surface area contributed by atoms with Crippen LogP contribution in [0.25, 0.3) is 0 Å². The Morgan fingerprint density at radius 3 is 2.62 bits per heavy atom. The largest absolute Gasteiger partial charge is 0.323 e. The van der Waals surface area contributed by atoms with Gasteiger partial charge < -0.3 is 5.73 Å². The standard InChI is InChI=1S/C6H10N2/c7-5-3-8-4-6(5)1-2-6/h3,5H,1-2,4,7H2/t5-/m0/s1. The average molecular weight is 110 g/mol. The van der Waals surface area contributed by atoms with E-state index in [4.69, 9.17) is 5.73 Å². The number of nitrogens with two attached hydrogens (primary N) is 1. The summed E-state index contributed by atoms with van der Waals surface area (Å²) in [6, 6.07) is 0.280. The molecule has 2 N–H and O–H groups in total. The van der Waals surface area contributed by atoms with Gasteiger partial charge in [0, 0.05) is 24.2 Å². The fourth-order valence-corrected chi connectivity index (χ4v) is 1.26. The molecule has 1 aliphatic carbocycles. The van der Waals surface area contributed by atoms with Gasteiger partial charge >= 0.3 is 0 Å². The minimum atomic E-state index is 0.280. The van der Waals surface area contributed by atoms with Gasteiger partial charge in [-0.15, -0.1) is 0 Å². The van der Waals surface area contributed by atoms with Crippen molar-refractivity contribution in [1.29, 1.82) is 0 Å². The van der Waals surface area contributed by atoms with E-state index in [1.54, 1.807) is 0 Å². The molecule has 1 spiro atoms. The Labute approximate surface area is 48.8 Å². The number of aliphatic imine (C=N–C) groups is 1. The van der Waals surface area contributed by atoms with Crippen LogP contribution in [0.1, 0.15) is 12.8 Å². The van der Waals surface area contributed by atoms with Crippen LogP contribution in [0.5, 0.6) is 0 Å². The molecule has 2 aliphatic rings. The molecule has 0 aromatic heterocycles. The van der Waals surface area contributed by atoms with Gasteiger partial charge in [-0.05, 0) is 12.8 Å². The van der Waals surface area contributed by atoms with Crippen LogP contribution in [-0.2, 0) is 0 Å². The van der Waals surface area contributed by atoms with Crippen LogP contribution in [0.4, 0.5) is 0 Å². The summed E-state index contributed by atoms with van der Waals surface area (Å²) in [5.74, 6) is 0. The summed E-state index contributed by atoms with van der Waals surface area (Å²) in [7, 11) is 0. The van der Waals surface area contributed by atoms with Crippen molar-refractivity contribution < 1.29 is 0 Å². The lowest BCUT2D eigenvalue weighted by molar-refractivity contribution is 0.522. The smallest absolute Gasteiger partial charge is 0.0470 e. The van der Waals surface area contributed by atoms with E-state index in [0.717, 1.165) is 6.54 Å². The summed E-state index contributed by atoms with van der Waals surface area (Å²) in [6.45, 7) is 0.994. The molecule has 1 heterocycles. The minimum absolute atomic E-state index is 0.280. The van der Waals surface area contributed by atoms with Crippen LogP contribution in [0, 0.1) is 5.41 Å². The molecule has 8 heavy (non-hydrogen) atoms. The van der Waals surface area contributed by atoms with E-state index in [9.17, 15) is 0 Å². The van der Waals surface area contributed by atoms with E-state index in [2.05, 4.69) is 4.99 Å². The molecular weight excluding hydrogens is 100 g/mol. The van der Waals surface area contributed by atoms with Gasteiger partial charge in [-0.1, -0.05) is 0 Å². The number of hydrogen-bond acceptors (Lipinski definition) is 2. The van der Waals surface area contributed by atoms with Crippen molar-refractivity contribution >= 4 is 6.21 Å². The van der Waals surface area contributed by atoms with Crippen molar-refractivity contribution in [2.75, 3.05) is 6.54 Å². The SMILES string of the molecule is N[C@H]1C=NCC12CC2. The first-order valence-electron chi connectivity index (χ1n) is 3.09. The van der Waals surface area contributed by atoms with E-state index in [-0.39, 0.29) is 6.04 Å². The molecule has 1 atom stereocenters. The Morgan fingerprint density at radius 2 is 2.38 bits per heavy atom. The van der Waals surface area contributed by atoms with Gasteiger partial charge in [0.15, 0.2) is 0 Å². The van der Waals surface area contributed by atoms with Gasteiger partial charge in [0.05, 0.1) is 0 Å². The summed E-state index contributed by atoms with van der Waals surface area (Å²) in [4.78, 5) is 4.13. The zero-order chi connectivity index (χ0) is 5.61. The van der Waals surface area contributed by atoms with Crippen molar-refractivity contribution in [1.82, 2.24) is 0 Å². The fourth-order valence-electron chi connectivity index (χ4n) is 1.26. The second-order valence-electron chi connectivity index (χ2n) is 2.88. The van der Waals surface area contributed by atoms with Gasteiger partial charge in [0.2, 0.25) is 0 Å². The third-order valence-corrected chi connectivity index (χ3v) is 2.27. The van der Waals surface area contributed by atoms with E-state index >= 15 is 0 Å². The first kappa shape index (κ1) is 4.50. The van der Waals surface area contributed by atoms with Gasteiger partial charge in [-0.3, -0.25) is 4.99 Å². The van der Waals surface area contributed by atoms with Crippen LogP contribution < -0.4 is 5.73 Å². The van der Waals surface area contributed by atoms with E-state index in [1.165, 1.54) is 12.8 Å². The topological polar surface area (TPSA) is 38.4 Å². The Balaban J connectivity index is 2.19. The molecule has 0 unspecified atom stereocenters. The lowest BCUT2D eigenvalue weighted by atomic mass is 10.0. The summed E-state index contributed by atoms with van der Waals surface area (Å²) in [5.41, 5.74) is 6.18. The molecule has 1 saturated carbocycles. The molecule has 0 aromatic carbocycles. The molecule has 0 bridgehead atoms. The molecule has 1 aliphatic heterocycles. The number of rotatable bonds is 0. The van der Waals surface area contributed by atoms with Gasteiger partial charge in [-0.2, -0.15) is 0 Å². The summed E-state index contributed by atoms with van der Waals surface area (Å²) in [5, 5.41) is 0. The average Bonchev–Trinajstić information content (AvgIpc) is 2.39. The molecule has 0 saturated heterocycles. The molecule has 1 fully saturated rings. The van der Waals surface area contributed by atoms with Crippen molar-refractivity contribution in [3.8, 4) is 0 Å². The first-order valence-corrected chi connectivity index (χ1v) is 3.09. The van der Waals surface area contributed by atoms with Crippen molar-refractivity contribution in [3.05, 3.63) is 0 Å². The minimum Gasteiger partial charge on any atom is -0.323 e. The van der Waals surface area contributed by atoms with E-state index in [0.29, 0.717) is 5.41 Å². The van der Waals surface area contributed by atoms with Gasteiger partial charge in [-0.25, -0.2) is 0 Å². The maximum absolute atomic E-state index is 5.73. The van der Waals surface area contributed by atoms with Crippen molar-refractivity contribution in [2.24, 2.45) is 16.1 Å². The maximum Gasteiger partial charge on any atom is 0.0470 e. The third kappa shape index (κ3) is 0.388. The van der Waals surface area contributed by atoms with Crippen LogP contribution in [0.2, 0.25) is 0 Å². The quantitative estimate of drug-likeness (QED) is 0.474. The Bertz CT molecular complexity index is 135.